The first-order valence-electron chi connectivity index (χ1n) is 10.1. The predicted molar refractivity (Wildman–Crippen MR) is 115 cm³/mol. The summed E-state index contributed by atoms with van der Waals surface area (Å²) in [5.41, 5.74) is 3.33. The van der Waals surface area contributed by atoms with Gasteiger partial charge in [-0.3, -0.25) is 9.69 Å². The third-order valence-corrected chi connectivity index (χ3v) is 5.99. The summed E-state index contributed by atoms with van der Waals surface area (Å²) in [5.74, 6) is -0.313. The number of benzene rings is 2. The van der Waals surface area contributed by atoms with Crippen LogP contribution < -0.4 is 10.0 Å². The molecule has 0 radical (unpaired) electrons. The Labute approximate surface area is 177 Å². The Kier molecular flexibility index (Phi) is 7.58. The summed E-state index contributed by atoms with van der Waals surface area (Å²) in [6.07, 6.45) is 3.02. The number of carbonyl (C=O) groups excluding carboxylic acids is 1. The van der Waals surface area contributed by atoms with Gasteiger partial charge in [0.15, 0.2) is 0 Å². The van der Waals surface area contributed by atoms with E-state index in [9.17, 15) is 17.6 Å². The Morgan fingerprint density at radius 1 is 1.10 bits per heavy atom. The van der Waals surface area contributed by atoms with Gasteiger partial charge in [0, 0.05) is 26.2 Å². The lowest BCUT2D eigenvalue weighted by Crippen LogP contribution is -2.51. The van der Waals surface area contributed by atoms with Gasteiger partial charge in [-0.05, 0) is 48.1 Å². The Morgan fingerprint density at radius 3 is 2.50 bits per heavy atom. The van der Waals surface area contributed by atoms with Crippen molar-refractivity contribution in [3.05, 3.63) is 71.0 Å². The van der Waals surface area contributed by atoms with Crippen LogP contribution in [0.3, 0.4) is 0 Å². The highest BCUT2D eigenvalue weighted by atomic mass is 32.2. The number of hydrogen-bond donors (Lipinski definition) is 2. The van der Waals surface area contributed by atoms with Crippen LogP contribution in [0.15, 0.2) is 48.5 Å². The molecule has 0 saturated heterocycles. The van der Waals surface area contributed by atoms with Gasteiger partial charge in [0.05, 0.1) is 12.3 Å². The largest absolute Gasteiger partial charge is 0.354 e. The van der Waals surface area contributed by atoms with E-state index >= 15 is 0 Å². The maximum absolute atomic E-state index is 13.0. The monoisotopic (exact) mass is 433 g/mol. The van der Waals surface area contributed by atoms with E-state index in [0.717, 1.165) is 11.8 Å². The topological polar surface area (TPSA) is 78.5 Å². The van der Waals surface area contributed by atoms with Gasteiger partial charge in [0.1, 0.15) is 5.82 Å². The molecule has 2 aromatic carbocycles. The average Bonchev–Trinajstić information content (AvgIpc) is 2.71. The molecule has 0 aromatic heterocycles. The van der Waals surface area contributed by atoms with E-state index in [4.69, 9.17) is 0 Å². The van der Waals surface area contributed by atoms with Crippen LogP contribution in [0.1, 0.15) is 23.1 Å². The molecule has 3 rings (SSSR count). The van der Waals surface area contributed by atoms with Crippen LogP contribution in [-0.2, 0) is 34.2 Å². The van der Waals surface area contributed by atoms with Crippen molar-refractivity contribution >= 4 is 15.9 Å². The number of nitrogens with zero attached hydrogens (tertiary/aromatic N) is 1. The van der Waals surface area contributed by atoms with E-state index in [2.05, 4.69) is 27.1 Å². The smallest absolute Gasteiger partial charge is 0.237 e. The molecule has 2 aromatic rings. The van der Waals surface area contributed by atoms with Crippen LogP contribution in [0.25, 0.3) is 0 Å². The minimum absolute atomic E-state index is 0.0392. The lowest BCUT2D eigenvalue weighted by Gasteiger charge is -2.36. The van der Waals surface area contributed by atoms with Crippen LogP contribution >= 0.6 is 0 Å². The summed E-state index contributed by atoms with van der Waals surface area (Å²) in [6.45, 7) is 2.10. The van der Waals surface area contributed by atoms with E-state index in [0.29, 0.717) is 45.4 Å². The molecule has 0 aliphatic carbocycles. The molecule has 1 unspecified atom stereocenters. The van der Waals surface area contributed by atoms with Crippen molar-refractivity contribution < 1.29 is 17.6 Å². The van der Waals surface area contributed by atoms with Gasteiger partial charge >= 0.3 is 0 Å². The maximum Gasteiger partial charge on any atom is 0.237 e. The van der Waals surface area contributed by atoms with Crippen LogP contribution in [-0.4, -0.2) is 51.2 Å². The van der Waals surface area contributed by atoms with Crippen LogP contribution in [0.2, 0.25) is 0 Å². The molecular formula is C22H28FN3O3S. The maximum atomic E-state index is 13.0. The molecule has 30 heavy (non-hydrogen) atoms. The van der Waals surface area contributed by atoms with Gasteiger partial charge in [0.25, 0.3) is 0 Å². The molecule has 1 atom stereocenters. The van der Waals surface area contributed by atoms with Crippen molar-refractivity contribution in [2.75, 3.05) is 25.9 Å². The molecule has 0 fully saturated rings. The molecular weight excluding hydrogens is 405 g/mol. The molecule has 1 heterocycles. The number of fused-ring (bicyclic) bond motifs is 1. The van der Waals surface area contributed by atoms with Gasteiger partial charge in [-0.2, -0.15) is 0 Å². The summed E-state index contributed by atoms with van der Waals surface area (Å²) in [7, 11) is -3.22. The number of carbonyl (C=O) groups is 1. The molecule has 6 nitrogen and oxygen atoms in total. The quantitative estimate of drug-likeness (QED) is 0.592. The van der Waals surface area contributed by atoms with E-state index < -0.39 is 10.0 Å². The van der Waals surface area contributed by atoms with Gasteiger partial charge in [0.2, 0.25) is 15.9 Å². The fraction of sp³-hybridized carbons (Fsp3) is 0.409. The Morgan fingerprint density at radius 2 is 1.80 bits per heavy atom. The Hall–Kier alpha value is -2.29. The summed E-state index contributed by atoms with van der Waals surface area (Å²) >= 11 is 0. The molecule has 1 aliphatic heterocycles. The number of amides is 1. The van der Waals surface area contributed by atoms with Crippen molar-refractivity contribution in [3.63, 3.8) is 0 Å². The van der Waals surface area contributed by atoms with Crippen molar-refractivity contribution in [2.24, 2.45) is 0 Å². The number of sulfonamides is 1. The number of nitrogens with one attached hydrogen (secondary N) is 2. The molecule has 0 saturated carbocycles. The first-order chi connectivity index (χ1) is 14.3. The van der Waals surface area contributed by atoms with Crippen molar-refractivity contribution in [1.82, 2.24) is 14.9 Å². The summed E-state index contributed by atoms with van der Waals surface area (Å²) < 4.78 is 38.0. The van der Waals surface area contributed by atoms with E-state index in [1.807, 2.05) is 12.1 Å². The Bertz CT molecular complexity index is 964. The molecule has 0 bridgehead atoms. The zero-order chi connectivity index (χ0) is 21.6. The zero-order valence-electron chi connectivity index (χ0n) is 17.1. The van der Waals surface area contributed by atoms with Gasteiger partial charge in [-0.1, -0.05) is 36.4 Å². The van der Waals surface area contributed by atoms with Crippen molar-refractivity contribution in [2.45, 2.75) is 31.8 Å². The summed E-state index contributed by atoms with van der Waals surface area (Å²) in [5, 5.41) is 3.01. The summed E-state index contributed by atoms with van der Waals surface area (Å²) in [4.78, 5) is 15.0. The number of halogens is 1. The SMILES string of the molecule is CS(=O)(=O)NCCCN1Cc2ccccc2CC1C(=O)NCCc1ccc(F)cc1. The minimum Gasteiger partial charge on any atom is -0.354 e. The normalized spacial score (nSPS) is 16.8. The van der Waals surface area contributed by atoms with Crippen LogP contribution in [0, 0.1) is 5.82 Å². The van der Waals surface area contributed by atoms with Crippen molar-refractivity contribution in [1.29, 1.82) is 0 Å². The molecule has 1 aliphatic rings. The van der Waals surface area contributed by atoms with Gasteiger partial charge in [-0.25, -0.2) is 17.5 Å². The third-order valence-electron chi connectivity index (χ3n) is 5.26. The van der Waals surface area contributed by atoms with Crippen molar-refractivity contribution in [3.8, 4) is 0 Å². The average molecular weight is 434 g/mol. The first-order valence-corrected chi connectivity index (χ1v) is 12.0. The molecule has 2 N–H and O–H groups in total. The molecule has 0 spiro atoms. The third kappa shape index (κ3) is 6.62. The first kappa shape index (κ1) is 22.4. The zero-order valence-corrected chi connectivity index (χ0v) is 17.9. The summed E-state index contributed by atoms with van der Waals surface area (Å²) in [6, 6.07) is 14.1. The second kappa shape index (κ2) is 10.1. The molecule has 8 heteroatoms. The lowest BCUT2D eigenvalue weighted by molar-refractivity contribution is -0.127. The second-order valence-corrected chi connectivity index (χ2v) is 9.48. The highest BCUT2D eigenvalue weighted by molar-refractivity contribution is 7.88. The van der Waals surface area contributed by atoms with E-state index in [1.54, 1.807) is 12.1 Å². The van der Waals surface area contributed by atoms with E-state index in [1.165, 1.54) is 23.3 Å². The van der Waals surface area contributed by atoms with Crippen LogP contribution in [0.5, 0.6) is 0 Å². The number of hydrogen-bond acceptors (Lipinski definition) is 4. The Balaban J connectivity index is 1.59. The fourth-order valence-electron chi connectivity index (χ4n) is 3.71. The van der Waals surface area contributed by atoms with Gasteiger partial charge in [-0.15, -0.1) is 0 Å². The number of rotatable bonds is 9. The lowest BCUT2D eigenvalue weighted by atomic mass is 9.93. The highest BCUT2D eigenvalue weighted by Gasteiger charge is 2.30. The molecule has 162 valence electrons. The fourth-order valence-corrected chi connectivity index (χ4v) is 4.22. The van der Waals surface area contributed by atoms with Gasteiger partial charge < -0.3 is 5.32 Å². The minimum atomic E-state index is -3.22. The second-order valence-electron chi connectivity index (χ2n) is 7.65. The molecule has 1 amide bonds. The van der Waals surface area contributed by atoms with E-state index in [-0.39, 0.29) is 17.8 Å². The van der Waals surface area contributed by atoms with Crippen LogP contribution in [0.4, 0.5) is 4.39 Å². The predicted octanol–water partition coefficient (Wildman–Crippen LogP) is 1.85. The standard InChI is InChI=1S/C22H28FN3O3S/c1-30(28,29)25-12-4-14-26-16-19-6-3-2-5-18(19)15-21(26)22(27)24-13-11-17-7-9-20(23)10-8-17/h2-3,5-10,21,25H,4,11-16H2,1H3,(H,24,27). The highest BCUT2D eigenvalue weighted by Crippen LogP contribution is 2.23.